The van der Waals surface area contributed by atoms with E-state index in [1.54, 1.807) is 7.11 Å². The van der Waals surface area contributed by atoms with Crippen molar-refractivity contribution in [3.05, 3.63) is 51.4 Å². The summed E-state index contributed by atoms with van der Waals surface area (Å²) in [6.45, 7) is 14.0. The van der Waals surface area contributed by atoms with Gasteiger partial charge in [0.2, 0.25) is 0 Å². The van der Waals surface area contributed by atoms with Crippen molar-refractivity contribution in [1.29, 1.82) is 0 Å². The minimum atomic E-state index is -1.15. The number of carbonyl (C=O) groups excluding carboxylic acids is 2. The number of ketones is 1. The van der Waals surface area contributed by atoms with Gasteiger partial charge in [0.25, 0.3) is 5.91 Å². The topological polar surface area (TPSA) is 101 Å². The summed E-state index contributed by atoms with van der Waals surface area (Å²) in [6, 6.07) is 7.59. The summed E-state index contributed by atoms with van der Waals surface area (Å²) in [5.74, 6) is 2.42. The highest BCUT2D eigenvalue weighted by Gasteiger charge is 2.57. The average molecular weight is 592 g/mol. The van der Waals surface area contributed by atoms with Crippen molar-refractivity contribution in [1.82, 2.24) is 0 Å². The summed E-state index contributed by atoms with van der Waals surface area (Å²) in [6.07, 6.45) is 9.84. The molecule has 6 atom stereocenters. The van der Waals surface area contributed by atoms with E-state index >= 15 is 0 Å². The lowest BCUT2D eigenvalue weighted by molar-refractivity contribution is -0.160. The molecule has 0 spiro atoms. The monoisotopic (exact) mass is 591 g/mol. The van der Waals surface area contributed by atoms with E-state index in [4.69, 9.17) is 15.0 Å². The van der Waals surface area contributed by atoms with E-state index in [0.717, 1.165) is 55.4 Å². The summed E-state index contributed by atoms with van der Waals surface area (Å²) >= 11 is 0. The van der Waals surface area contributed by atoms with Gasteiger partial charge in [-0.25, -0.2) is 0 Å². The second-order valence-corrected chi connectivity index (χ2v) is 14.5. The van der Waals surface area contributed by atoms with Crippen LogP contribution in [0.4, 0.5) is 0 Å². The minimum absolute atomic E-state index is 0.154. The van der Waals surface area contributed by atoms with Gasteiger partial charge in [0, 0.05) is 10.3 Å². The molecule has 1 aromatic rings. The lowest BCUT2D eigenvalue weighted by Gasteiger charge is -2.55. The Morgan fingerprint density at radius 3 is 2.44 bits per heavy atom. The molecule has 1 saturated carbocycles. The molecule has 1 aromatic carbocycles. The highest BCUT2D eigenvalue weighted by molar-refractivity contribution is 6.02. The van der Waals surface area contributed by atoms with Gasteiger partial charge in [-0.15, -0.1) is 0 Å². The molecule has 0 unspecified atom stereocenters. The Morgan fingerprint density at radius 1 is 1.09 bits per heavy atom. The number of carbonyl (C=O) groups is 2. The van der Waals surface area contributed by atoms with Gasteiger partial charge in [-0.1, -0.05) is 84.9 Å². The van der Waals surface area contributed by atoms with Crippen LogP contribution in [0.1, 0.15) is 118 Å². The number of amides is 1. The fourth-order valence-electron chi connectivity index (χ4n) is 8.90. The second kappa shape index (κ2) is 13.6. The van der Waals surface area contributed by atoms with Crippen molar-refractivity contribution < 1.29 is 19.1 Å². The molecule has 3 aliphatic rings. The van der Waals surface area contributed by atoms with Gasteiger partial charge in [0.05, 0.1) is 13.7 Å². The quantitative estimate of drug-likeness (QED) is 0.137. The molecule has 0 aliphatic heterocycles. The number of nitrogens with zero attached hydrogens (tertiary/aromatic N) is 3. The first-order valence-corrected chi connectivity index (χ1v) is 16.6. The van der Waals surface area contributed by atoms with Gasteiger partial charge >= 0.3 is 0 Å². The Bertz CT molecular complexity index is 1250. The molecule has 43 heavy (non-hydrogen) atoms. The number of benzene rings is 1. The van der Waals surface area contributed by atoms with Crippen LogP contribution in [0.2, 0.25) is 0 Å². The first-order chi connectivity index (χ1) is 20.4. The van der Waals surface area contributed by atoms with Crippen LogP contribution in [0.3, 0.4) is 0 Å². The van der Waals surface area contributed by atoms with Gasteiger partial charge in [0.15, 0.2) is 5.78 Å². The fraction of sp³-hybridized carbons (Fsp3) is 0.722. The van der Waals surface area contributed by atoms with Crippen LogP contribution >= 0.6 is 0 Å². The fourth-order valence-corrected chi connectivity index (χ4v) is 8.90. The molecule has 7 heteroatoms. The summed E-state index contributed by atoms with van der Waals surface area (Å²) in [5, 5.41) is 3.54. The molecule has 0 N–H and O–H groups in total. The van der Waals surface area contributed by atoms with Gasteiger partial charge < -0.3 is 9.47 Å². The smallest absolute Gasteiger partial charge is 0.250 e. The molecular weight excluding hydrogens is 538 g/mol. The van der Waals surface area contributed by atoms with Crippen LogP contribution in [0.15, 0.2) is 40.5 Å². The van der Waals surface area contributed by atoms with E-state index in [1.807, 2.05) is 24.3 Å². The third kappa shape index (κ3) is 6.59. The Balaban J connectivity index is 1.55. The van der Waals surface area contributed by atoms with Crippen LogP contribution < -0.4 is 4.74 Å². The molecule has 4 rings (SSSR count). The first kappa shape index (κ1) is 33.3. The predicted molar refractivity (Wildman–Crippen MR) is 170 cm³/mol. The number of allylic oxidation sites excluding steroid dienone is 2. The molecule has 0 saturated heterocycles. The molecule has 0 bridgehead atoms. The Kier molecular flexibility index (Phi) is 10.5. The predicted octanol–water partition coefficient (Wildman–Crippen LogP) is 9.54. The van der Waals surface area contributed by atoms with Crippen molar-refractivity contribution in [2.24, 2.45) is 39.6 Å². The van der Waals surface area contributed by atoms with Gasteiger partial charge in [-0.05, 0) is 108 Å². The van der Waals surface area contributed by atoms with E-state index in [2.05, 4.69) is 51.6 Å². The van der Waals surface area contributed by atoms with E-state index in [1.165, 1.54) is 24.8 Å². The minimum Gasteiger partial charge on any atom is -0.497 e. The summed E-state index contributed by atoms with van der Waals surface area (Å²) in [4.78, 5) is 30.5. The maximum atomic E-state index is 14.4. The first-order valence-electron chi connectivity index (χ1n) is 16.6. The normalized spacial score (nSPS) is 30.2. The Labute approximate surface area is 258 Å². The van der Waals surface area contributed by atoms with Crippen molar-refractivity contribution in [3.8, 4) is 5.75 Å². The molecule has 0 aromatic heterocycles. The summed E-state index contributed by atoms with van der Waals surface area (Å²) in [5.41, 5.74) is 10.9. The Morgan fingerprint density at radius 2 is 1.81 bits per heavy atom. The molecule has 236 valence electrons. The molecule has 1 fully saturated rings. The highest BCUT2D eigenvalue weighted by Crippen LogP contribution is 2.61. The molecule has 7 nitrogen and oxygen atoms in total. The maximum absolute atomic E-state index is 14.4. The molecule has 0 heterocycles. The number of fused-ring (bicyclic) bond motifs is 2. The van der Waals surface area contributed by atoms with Gasteiger partial charge in [-0.2, -0.15) is 0 Å². The maximum Gasteiger partial charge on any atom is 0.250 e. The van der Waals surface area contributed by atoms with Crippen LogP contribution in [-0.4, -0.2) is 24.4 Å². The zero-order valence-electron chi connectivity index (χ0n) is 27.6. The van der Waals surface area contributed by atoms with Crippen molar-refractivity contribution in [2.45, 2.75) is 124 Å². The number of hydrogen-bond acceptors (Lipinski definition) is 4. The summed E-state index contributed by atoms with van der Waals surface area (Å²) < 4.78 is 11.7. The standard InChI is InChI=1S/C36H53N3O4/c1-8-30(25(4)11-9-10-24(2)3)35(6)19-18-31-29(32(35)40)17-14-27-22-36(33(41)38-39-37,21-20-34(27,31)5)43-23-26-12-15-28(42-7)16-13-26/h12-13,15-16,24-25,27,30H,8-11,14,17-23H2,1-7H3/t25-,27+,30-,34+,35-,36+/m1/s1. The van der Waals surface area contributed by atoms with Crippen molar-refractivity contribution in [2.75, 3.05) is 7.11 Å². The van der Waals surface area contributed by atoms with Crippen LogP contribution in [-0.2, 0) is 20.9 Å². The highest BCUT2D eigenvalue weighted by atomic mass is 16.5. The van der Waals surface area contributed by atoms with E-state index in [-0.39, 0.29) is 23.4 Å². The molecule has 1 amide bonds. The van der Waals surface area contributed by atoms with Crippen LogP contribution in [0.25, 0.3) is 10.4 Å². The number of hydrogen-bond donors (Lipinski definition) is 0. The van der Waals surface area contributed by atoms with Crippen LogP contribution in [0, 0.1) is 34.5 Å². The zero-order valence-corrected chi connectivity index (χ0v) is 27.6. The van der Waals surface area contributed by atoms with Gasteiger partial charge in [0.1, 0.15) is 11.4 Å². The van der Waals surface area contributed by atoms with E-state index in [0.29, 0.717) is 36.4 Å². The van der Waals surface area contributed by atoms with E-state index in [9.17, 15) is 9.59 Å². The zero-order chi connectivity index (χ0) is 31.4. The van der Waals surface area contributed by atoms with Crippen LogP contribution in [0.5, 0.6) is 5.75 Å². The average Bonchev–Trinajstić information content (AvgIpc) is 2.98. The molecular formula is C36H53N3O4. The lowest BCUT2D eigenvalue weighted by Crippen LogP contribution is -2.53. The number of rotatable bonds is 12. The Hall–Kier alpha value is -2.63. The van der Waals surface area contributed by atoms with Crippen molar-refractivity contribution >= 4 is 11.7 Å². The number of ether oxygens (including phenoxy) is 2. The third-order valence-electron chi connectivity index (χ3n) is 11.6. The number of Topliss-reactive ketones (excluding diaryl/α,β-unsaturated/α-hetero) is 1. The second-order valence-electron chi connectivity index (χ2n) is 14.5. The molecule has 0 radical (unpaired) electrons. The number of azide groups is 1. The number of methoxy groups -OCH3 is 1. The summed E-state index contributed by atoms with van der Waals surface area (Å²) in [7, 11) is 1.63. The third-order valence-corrected chi connectivity index (χ3v) is 11.6. The van der Waals surface area contributed by atoms with E-state index < -0.39 is 11.5 Å². The lowest BCUT2D eigenvalue weighted by atomic mass is 9.50. The molecule has 3 aliphatic carbocycles. The SMILES string of the molecule is CC[C@H]([C@H](C)CCCC(C)C)[C@@]1(C)CCC2=C(CC[C@H]3C[C@](OCc4ccc(OC)cc4)(C(=O)N=[N+]=[N-])CC[C@]23C)C1=O. The van der Waals surface area contributed by atoms with Gasteiger partial charge in [-0.3, -0.25) is 9.59 Å². The van der Waals surface area contributed by atoms with Crippen molar-refractivity contribution in [3.63, 3.8) is 0 Å². The largest absolute Gasteiger partial charge is 0.497 e.